The van der Waals surface area contributed by atoms with Gasteiger partial charge in [-0.2, -0.15) is 0 Å². The van der Waals surface area contributed by atoms with E-state index in [1.165, 1.54) is 0 Å². The largest absolute Gasteiger partial charge is 0.482 e. The molecule has 2 unspecified atom stereocenters. The maximum Gasteiger partial charge on any atom is 0.267 e. The second-order valence-electron chi connectivity index (χ2n) is 5.92. The van der Waals surface area contributed by atoms with Gasteiger partial charge in [-0.05, 0) is 38.6 Å². The monoisotopic (exact) mass is 304 g/mol. The summed E-state index contributed by atoms with van der Waals surface area (Å²) in [5.41, 5.74) is 0. The molecule has 3 rings (SSSR count). The molecule has 120 valence electrons. The van der Waals surface area contributed by atoms with Gasteiger partial charge in [-0.1, -0.05) is 19.1 Å². The fraction of sp³-hybridized carbons (Fsp3) is 0.588. The van der Waals surface area contributed by atoms with Crippen LogP contribution in [0.1, 0.15) is 20.3 Å². The lowest BCUT2D eigenvalue weighted by molar-refractivity contribution is -0.144. The second-order valence-corrected chi connectivity index (χ2v) is 5.92. The first-order valence-corrected chi connectivity index (χ1v) is 8.12. The van der Waals surface area contributed by atoms with Crippen LogP contribution in [0.15, 0.2) is 24.3 Å². The molecule has 0 spiro atoms. The van der Waals surface area contributed by atoms with Gasteiger partial charge in [0.2, 0.25) is 6.10 Å². The van der Waals surface area contributed by atoms with Crippen LogP contribution < -0.4 is 9.47 Å². The van der Waals surface area contributed by atoms with Crippen molar-refractivity contribution in [2.75, 3.05) is 32.7 Å². The molecule has 0 aliphatic carbocycles. The van der Waals surface area contributed by atoms with E-state index in [1.54, 1.807) is 0 Å². The van der Waals surface area contributed by atoms with Crippen LogP contribution in [0.2, 0.25) is 0 Å². The summed E-state index contributed by atoms with van der Waals surface area (Å²) in [6.45, 7) is 8.64. The summed E-state index contributed by atoms with van der Waals surface area (Å²) in [7, 11) is 0. The van der Waals surface area contributed by atoms with E-state index in [1.807, 2.05) is 36.1 Å². The van der Waals surface area contributed by atoms with Crippen LogP contribution in [-0.2, 0) is 4.79 Å². The minimum Gasteiger partial charge on any atom is -0.482 e. The van der Waals surface area contributed by atoms with Crippen LogP contribution in [-0.4, -0.2) is 60.6 Å². The van der Waals surface area contributed by atoms with E-state index in [0.717, 1.165) is 39.1 Å². The van der Waals surface area contributed by atoms with E-state index >= 15 is 0 Å². The van der Waals surface area contributed by atoms with Crippen molar-refractivity contribution in [3.05, 3.63) is 24.3 Å². The smallest absolute Gasteiger partial charge is 0.267 e. The molecule has 2 aliphatic heterocycles. The molecular formula is C17H24N2O3. The zero-order chi connectivity index (χ0) is 15.5. The number of amides is 1. The molecule has 1 fully saturated rings. The Bertz CT molecular complexity index is 534. The molecule has 2 atom stereocenters. The summed E-state index contributed by atoms with van der Waals surface area (Å²) in [5, 5.41) is 0. The number of ether oxygens (including phenoxy) is 2. The van der Waals surface area contributed by atoms with Crippen molar-refractivity contribution in [2.45, 2.75) is 32.5 Å². The molecule has 22 heavy (non-hydrogen) atoms. The van der Waals surface area contributed by atoms with Gasteiger partial charge >= 0.3 is 0 Å². The topological polar surface area (TPSA) is 42.0 Å². The fourth-order valence-corrected chi connectivity index (χ4v) is 3.08. The van der Waals surface area contributed by atoms with Gasteiger partial charge in [0.25, 0.3) is 5.91 Å². The average molecular weight is 304 g/mol. The number of hydrogen-bond donors (Lipinski definition) is 0. The highest BCUT2D eigenvalue weighted by atomic mass is 16.6. The molecule has 5 heteroatoms. The third-order valence-electron chi connectivity index (χ3n) is 4.43. The number of hydrogen-bond acceptors (Lipinski definition) is 4. The van der Waals surface area contributed by atoms with E-state index in [4.69, 9.17) is 9.47 Å². The second kappa shape index (κ2) is 6.57. The molecule has 0 N–H and O–H groups in total. The SMILES string of the molecule is CCN1CCCN(C(=O)C2Oc3ccccc3OC2C)CC1. The number of rotatable bonds is 2. The molecule has 1 saturated heterocycles. The molecule has 0 aromatic heterocycles. The van der Waals surface area contributed by atoms with E-state index in [9.17, 15) is 4.79 Å². The Morgan fingerprint density at radius 2 is 1.86 bits per heavy atom. The number of carbonyl (C=O) groups excluding carboxylic acids is 1. The fourth-order valence-electron chi connectivity index (χ4n) is 3.08. The molecule has 0 bridgehead atoms. The van der Waals surface area contributed by atoms with E-state index in [0.29, 0.717) is 11.5 Å². The van der Waals surface area contributed by atoms with Crippen molar-refractivity contribution in [2.24, 2.45) is 0 Å². The Kier molecular flexibility index (Phi) is 4.52. The molecule has 2 heterocycles. The normalized spacial score (nSPS) is 25.6. The van der Waals surface area contributed by atoms with Gasteiger partial charge in [-0.25, -0.2) is 0 Å². The third-order valence-corrected chi connectivity index (χ3v) is 4.43. The van der Waals surface area contributed by atoms with Crippen molar-refractivity contribution < 1.29 is 14.3 Å². The van der Waals surface area contributed by atoms with Crippen molar-refractivity contribution in [1.82, 2.24) is 9.80 Å². The molecule has 2 aliphatic rings. The lowest BCUT2D eigenvalue weighted by Gasteiger charge is -2.34. The molecule has 5 nitrogen and oxygen atoms in total. The first-order chi connectivity index (χ1) is 10.7. The Morgan fingerprint density at radius 1 is 1.14 bits per heavy atom. The zero-order valence-electron chi connectivity index (χ0n) is 13.3. The third kappa shape index (κ3) is 3.04. The van der Waals surface area contributed by atoms with Gasteiger partial charge in [0, 0.05) is 19.6 Å². The standard InChI is InChI=1S/C17H24N2O3/c1-3-18-9-6-10-19(12-11-18)17(20)16-13(2)21-14-7-4-5-8-15(14)22-16/h4-5,7-8,13,16H,3,6,9-12H2,1-2H3. The van der Waals surface area contributed by atoms with E-state index in [2.05, 4.69) is 11.8 Å². The van der Waals surface area contributed by atoms with Crippen LogP contribution in [0.4, 0.5) is 0 Å². The average Bonchev–Trinajstić information content (AvgIpc) is 2.79. The summed E-state index contributed by atoms with van der Waals surface area (Å²) in [4.78, 5) is 17.1. The highest BCUT2D eigenvalue weighted by Crippen LogP contribution is 2.33. The zero-order valence-corrected chi connectivity index (χ0v) is 13.3. The summed E-state index contributed by atoms with van der Waals surface area (Å²) in [6, 6.07) is 7.52. The van der Waals surface area contributed by atoms with Crippen molar-refractivity contribution in [3.8, 4) is 11.5 Å². The van der Waals surface area contributed by atoms with Crippen LogP contribution in [0.3, 0.4) is 0 Å². The number of carbonyl (C=O) groups is 1. The Morgan fingerprint density at radius 3 is 2.59 bits per heavy atom. The lowest BCUT2D eigenvalue weighted by Crippen LogP contribution is -2.51. The number of para-hydroxylation sites is 2. The van der Waals surface area contributed by atoms with Crippen LogP contribution in [0.25, 0.3) is 0 Å². The summed E-state index contributed by atoms with van der Waals surface area (Å²) in [6.07, 6.45) is 0.189. The maximum atomic E-state index is 12.8. The summed E-state index contributed by atoms with van der Waals surface area (Å²) < 4.78 is 11.8. The van der Waals surface area contributed by atoms with Gasteiger partial charge in [0.15, 0.2) is 11.5 Å². The van der Waals surface area contributed by atoms with Crippen molar-refractivity contribution >= 4 is 5.91 Å². The first-order valence-electron chi connectivity index (χ1n) is 8.12. The number of fused-ring (bicyclic) bond motifs is 1. The molecule has 0 radical (unpaired) electrons. The number of nitrogens with zero attached hydrogens (tertiary/aromatic N) is 2. The quantitative estimate of drug-likeness (QED) is 0.835. The highest BCUT2D eigenvalue weighted by Gasteiger charge is 2.37. The Labute approximate surface area is 131 Å². The van der Waals surface area contributed by atoms with Crippen LogP contribution in [0, 0.1) is 0 Å². The molecule has 1 aromatic carbocycles. The molecular weight excluding hydrogens is 280 g/mol. The molecule has 1 amide bonds. The van der Waals surface area contributed by atoms with Crippen molar-refractivity contribution in [1.29, 1.82) is 0 Å². The maximum absolute atomic E-state index is 12.8. The number of likely N-dealkylation sites (N-methyl/N-ethyl adjacent to an activating group) is 1. The van der Waals surface area contributed by atoms with Gasteiger partial charge < -0.3 is 19.3 Å². The van der Waals surface area contributed by atoms with Crippen molar-refractivity contribution in [3.63, 3.8) is 0 Å². The van der Waals surface area contributed by atoms with Gasteiger partial charge in [-0.15, -0.1) is 0 Å². The minimum absolute atomic E-state index is 0.0416. The van der Waals surface area contributed by atoms with Gasteiger partial charge in [0.1, 0.15) is 6.10 Å². The molecule has 1 aromatic rings. The van der Waals surface area contributed by atoms with Crippen LogP contribution in [0.5, 0.6) is 11.5 Å². The number of benzene rings is 1. The van der Waals surface area contributed by atoms with E-state index in [-0.39, 0.29) is 12.0 Å². The lowest BCUT2D eigenvalue weighted by atomic mass is 10.1. The summed E-state index contributed by atoms with van der Waals surface area (Å²) in [5.74, 6) is 1.41. The predicted molar refractivity (Wildman–Crippen MR) is 84.3 cm³/mol. The van der Waals surface area contributed by atoms with Gasteiger partial charge in [-0.3, -0.25) is 4.79 Å². The van der Waals surface area contributed by atoms with E-state index < -0.39 is 6.10 Å². The Hall–Kier alpha value is -1.75. The molecule has 0 saturated carbocycles. The minimum atomic E-state index is -0.553. The van der Waals surface area contributed by atoms with Crippen LogP contribution >= 0.6 is 0 Å². The predicted octanol–water partition coefficient (Wildman–Crippen LogP) is 1.77. The van der Waals surface area contributed by atoms with Gasteiger partial charge in [0.05, 0.1) is 0 Å². The summed E-state index contributed by atoms with van der Waals surface area (Å²) >= 11 is 0. The highest BCUT2D eigenvalue weighted by molar-refractivity contribution is 5.82. The first kappa shape index (κ1) is 15.2. The Balaban J connectivity index is 1.70.